The Balaban J connectivity index is 2.58. The molecule has 14 heavy (non-hydrogen) atoms. The van der Waals surface area contributed by atoms with E-state index in [1.165, 1.54) is 11.3 Å². The number of hydrogen-bond acceptors (Lipinski definition) is 1. The summed E-state index contributed by atoms with van der Waals surface area (Å²) in [6.07, 6.45) is 7.72. The molecule has 0 radical (unpaired) electrons. The molecule has 1 rings (SSSR count). The molecule has 0 saturated heterocycles. The lowest BCUT2D eigenvalue weighted by atomic mass is 9.89. The highest BCUT2D eigenvalue weighted by Crippen LogP contribution is 2.29. The molecule has 0 amide bonds. The Kier molecular flexibility index (Phi) is 3.45. The van der Waals surface area contributed by atoms with Crippen LogP contribution in [-0.4, -0.2) is 12.3 Å². The average Bonchev–Trinajstić information content (AvgIpc) is 2.45. The van der Waals surface area contributed by atoms with Crippen molar-refractivity contribution in [3.63, 3.8) is 0 Å². The predicted molar refractivity (Wildman–Crippen MR) is 63.8 cm³/mol. The van der Waals surface area contributed by atoms with Crippen molar-refractivity contribution in [1.29, 1.82) is 0 Å². The second kappa shape index (κ2) is 4.41. The van der Waals surface area contributed by atoms with Crippen molar-refractivity contribution in [2.75, 3.05) is 6.54 Å². The van der Waals surface area contributed by atoms with E-state index in [-0.39, 0.29) is 0 Å². The van der Waals surface area contributed by atoms with Crippen LogP contribution in [0.4, 0.5) is 0 Å². The summed E-state index contributed by atoms with van der Waals surface area (Å²) in [7, 11) is 0. The summed E-state index contributed by atoms with van der Waals surface area (Å²) in [6.45, 7) is 13.0. The fourth-order valence-corrected chi connectivity index (χ4v) is 1.69. The molecule has 76 valence electrons. The fraction of sp³-hybridized carbons (Fsp3) is 0.462. The van der Waals surface area contributed by atoms with Gasteiger partial charge in [-0.1, -0.05) is 45.2 Å². The van der Waals surface area contributed by atoms with Gasteiger partial charge in [-0.25, -0.2) is 0 Å². The normalized spacial score (nSPS) is 20.4. The van der Waals surface area contributed by atoms with Gasteiger partial charge in [0.25, 0.3) is 0 Å². The van der Waals surface area contributed by atoms with E-state index in [1.54, 1.807) is 6.08 Å². The Morgan fingerprint density at radius 3 is 2.64 bits per heavy atom. The number of hydrogen-bond donors (Lipinski definition) is 0. The summed E-state index contributed by atoms with van der Waals surface area (Å²) < 4.78 is 0. The van der Waals surface area contributed by atoms with Gasteiger partial charge in [0.15, 0.2) is 0 Å². The number of allylic oxidation sites excluding steroid dienone is 4. The highest BCUT2D eigenvalue weighted by molar-refractivity contribution is 5.89. The van der Waals surface area contributed by atoms with Crippen LogP contribution in [0, 0.1) is 5.41 Å². The molecular formula is C13H19N. The van der Waals surface area contributed by atoms with Crippen LogP contribution in [0.25, 0.3) is 0 Å². The Labute approximate surface area is 86.9 Å². The standard InChI is InChI=1S/C13H19N/c1-5-7-11(6-2)8-12-9-13(3,4)10-14-12/h5-7H,1-2,8-10H2,3-4H3/b11-7+. The summed E-state index contributed by atoms with van der Waals surface area (Å²) in [4.78, 5) is 4.55. The zero-order valence-corrected chi connectivity index (χ0v) is 9.21. The predicted octanol–water partition coefficient (Wildman–Crippen LogP) is 3.55. The maximum absolute atomic E-state index is 4.55. The molecule has 0 unspecified atom stereocenters. The molecule has 1 heterocycles. The second-order valence-corrected chi connectivity index (χ2v) is 4.58. The summed E-state index contributed by atoms with van der Waals surface area (Å²) >= 11 is 0. The van der Waals surface area contributed by atoms with Crippen molar-refractivity contribution in [2.24, 2.45) is 10.4 Å². The minimum Gasteiger partial charge on any atom is -0.293 e. The third-order valence-electron chi connectivity index (χ3n) is 2.42. The molecule has 0 aromatic rings. The van der Waals surface area contributed by atoms with Crippen LogP contribution in [0.5, 0.6) is 0 Å². The van der Waals surface area contributed by atoms with Crippen molar-refractivity contribution >= 4 is 5.71 Å². The van der Waals surface area contributed by atoms with Gasteiger partial charge in [0.05, 0.1) is 0 Å². The lowest BCUT2D eigenvalue weighted by Crippen LogP contribution is -2.12. The van der Waals surface area contributed by atoms with Crippen LogP contribution in [0.3, 0.4) is 0 Å². The van der Waals surface area contributed by atoms with Crippen LogP contribution in [0.15, 0.2) is 42.0 Å². The van der Waals surface area contributed by atoms with E-state index in [9.17, 15) is 0 Å². The molecule has 0 bridgehead atoms. The van der Waals surface area contributed by atoms with Crippen LogP contribution in [-0.2, 0) is 0 Å². The highest BCUT2D eigenvalue weighted by atomic mass is 14.8. The molecule has 0 atom stereocenters. The Hall–Kier alpha value is -1.11. The summed E-state index contributed by atoms with van der Waals surface area (Å²) in [5, 5.41) is 0. The van der Waals surface area contributed by atoms with E-state index in [2.05, 4.69) is 32.0 Å². The van der Waals surface area contributed by atoms with Crippen LogP contribution >= 0.6 is 0 Å². The van der Waals surface area contributed by atoms with Gasteiger partial charge >= 0.3 is 0 Å². The first-order chi connectivity index (χ1) is 6.57. The van der Waals surface area contributed by atoms with Crippen molar-refractivity contribution in [2.45, 2.75) is 26.7 Å². The Morgan fingerprint density at radius 1 is 1.50 bits per heavy atom. The first-order valence-electron chi connectivity index (χ1n) is 5.03. The van der Waals surface area contributed by atoms with Gasteiger partial charge in [0.1, 0.15) is 0 Å². The molecule has 1 heteroatoms. The van der Waals surface area contributed by atoms with E-state index in [0.717, 1.165) is 19.4 Å². The molecule has 1 aliphatic heterocycles. The number of rotatable bonds is 4. The van der Waals surface area contributed by atoms with E-state index >= 15 is 0 Å². The van der Waals surface area contributed by atoms with Gasteiger partial charge in [-0.05, 0) is 17.4 Å². The quantitative estimate of drug-likeness (QED) is 0.600. The van der Waals surface area contributed by atoms with Gasteiger partial charge in [-0.15, -0.1) is 0 Å². The van der Waals surface area contributed by atoms with E-state index < -0.39 is 0 Å². The lowest BCUT2D eigenvalue weighted by molar-refractivity contribution is 0.422. The Bertz CT molecular complexity index is 292. The third-order valence-corrected chi connectivity index (χ3v) is 2.42. The van der Waals surface area contributed by atoms with Crippen molar-refractivity contribution in [1.82, 2.24) is 0 Å². The first kappa shape index (κ1) is 11.0. The fourth-order valence-electron chi connectivity index (χ4n) is 1.69. The minimum absolute atomic E-state index is 0.357. The van der Waals surface area contributed by atoms with Crippen LogP contribution in [0.2, 0.25) is 0 Å². The summed E-state index contributed by atoms with van der Waals surface area (Å²) in [5.74, 6) is 0. The zero-order chi connectivity index (χ0) is 10.6. The molecule has 0 aliphatic carbocycles. The molecule has 1 nitrogen and oxygen atoms in total. The maximum Gasteiger partial charge on any atom is 0.0443 e. The minimum atomic E-state index is 0.357. The molecule has 0 saturated carbocycles. The summed E-state index contributed by atoms with van der Waals surface area (Å²) in [5.41, 5.74) is 2.86. The molecule has 0 aromatic heterocycles. The SMILES string of the molecule is C=C/C=C(\C=C)CC1=NCC(C)(C)C1. The Morgan fingerprint density at radius 2 is 2.21 bits per heavy atom. The van der Waals surface area contributed by atoms with Crippen molar-refractivity contribution < 1.29 is 0 Å². The van der Waals surface area contributed by atoms with Crippen LogP contribution in [0.1, 0.15) is 26.7 Å². The molecule has 0 spiro atoms. The van der Waals surface area contributed by atoms with Gasteiger partial charge < -0.3 is 0 Å². The number of aliphatic imine (C=N–C) groups is 1. The van der Waals surface area contributed by atoms with E-state index in [4.69, 9.17) is 0 Å². The van der Waals surface area contributed by atoms with Gasteiger partial charge in [0, 0.05) is 18.7 Å². The second-order valence-electron chi connectivity index (χ2n) is 4.58. The number of nitrogens with zero attached hydrogens (tertiary/aromatic N) is 1. The molecular weight excluding hydrogens is 170 g/mol. The monoisotopic (exact) mass is 189 g/mol. The van der Waals surface area contributed by atoms with Crippen molar-refractivity contribution in [3.8, 4) is 0 Å². The maximum atomic E-state index is 4.55. The van der Waals surface area contributed by atoms with E-state index in [1.807, 2.05) is 12.2 Å². The van der Waals surface area contributed by atoms with Crippen LogP contribution < -0.4 is 0 Å². The molecule has 0 aromatic carbocycles. The topological polar surface area (TPSA) is 12.4 Å². The van der Waals surface area contributed by atoms with Gasteiger partial charge in [-0.2, -0.15) is 0 Å². The van der Waals surface area contributed by atoms with Gasteiger partial charge in [0.2, 0.25) is 0 Å². The first-order valence-corrected chi connectivity index (χ1v) is 5.03. The highest BCUT2D eigenvalue weighted by Gasteiger charge is 2.25. The third kappa shape index (κ3) is 2.99. The largest absolute Gasteiger partial charge is 0.293 e. The molecule has 0 fully saturated rings. The summed E-state index contributed by atoms with van der Waals surface area (Å²) in [6, 6.07) is 0. The smallest absolute Gasteiger partial charge is 0.0443 e. The zero-order valence-electron chi connectivity index (χ0n) is 9.21. The lowest BCUT2D eigenvalue weighted by Gasteiger charge is -2.14. The molecule has 1 aliphatic rings. The average molecular weight is 189 g/mol. The van der Waals surface area contributed by atoms with Crippen molar-refractivity contribution in [3.05, 3.63) is 37.0 Å². The molecule has 0 N–H and O–H groups in total. The van der Waals surface area contributed by atoms with E-state index in [0.29, 0.717) is 5.41 Å². The van der Waals surface area contributed by atoms with Gasteiger partial charge in [-0.3, -0.25) is 4.99 Å².